The molecule has 0 amide bonds. The van der Waals surface area contributed by atoms with Crippen LogP contribution in [-0.4, -0.2) is 15.8 Å². The molecule has 0 radical (unpaired) electrons. The van der Waals surface area contributed by atoms with Crippen molar-refractivity contribution in [1.82, 2.24) is 0 Å². The molecule has 0 unspecified atom stereocenters. The van der Waals surface area contributed by atoms with Crippen molar-refractivity contribution in [2.24, 2.45) is 5.41 Å². The van der Waals surface area contributed by atoms with Crippen molar-refractivity contribution >= 4 is 17.7 Å². The van der Waals surface area contributed by atoms with Crippen molar-refractivity contribution in [1.29, 1.82) is 0 Å². The summed E-state index contributed by atoms with van der Waals surface area (Å²) < 4.78 is 12.2. The molecule has 2 nitrogen and oxygen atoms in total. The summed E-state index contributed by atoms with van der Waals surface area (Å²) in [5.74, 6) is -1.02. The van der Waals surface area contributed by atoms with Gasteiger partial charge in [0.05, 0.1) is 0 Å². The third-order valence-corrected chi connectivity index (χ3v) is 5.76. The zero-order valence-electron chi connectivity index (χ0n) is 12.7. The molecule has 0 heterocycles. The fourth-order valence-electron chi connectivity index (χ4n) is 3.69. The average molecular weight is 310 g/mol. The lowest BCUT2D eigenvalue weighted by Gasteiger charge is -2.54. The van der Waals surface area contributed by atoms with Crippen LogP contribution in [0, 0.1) is 11.2 Å². The Hall–Kier alpha value is -1.03. The van der Waals surface area contributed by atoms with Gasteiger partial charge in [-0.05, 0) is 55.4 Å². The fourth-order valence-corrected chi connectivity index (χ4v) is 5.26. The van der Waals surface area contributed by atoms with Crippen LogP contribution >= 0.6 is 11.8 Å². The first-order chi connectivity index (χ1) is 9.95. The van der Waals surface area contributed by atoms with Gasteiger partial charge in [0.25, 0.3) is 0 Å². The van der Waals surface area contributed by atoms with Gasteiger partial charge in [-0.15, -0.1) is 11.8 Å². The number of hydrogen-bond acceptors (Lipinski definition) is 2. The van der Waals surface area contributed by atoms with E-state index in [1.54, 1.807) is 12.1 Å². The van der Waals surface area contributed by atoms with E-state index in [2.05, 4.69) is 13.8 Å². The second-order valence-corrected chi connectivity index (χ2v) is 7.67. The Balaban J connectivity index is 2.13. The number of carboxylic acids is 1. The molecule has 1 N–H and O–H groups in total. The monoisotopic (exact) mass is 310 g/mol. The van der Waals surface area contributed by atoms with Gasteiger partial charge in [0.2, 0.25) is 0 Å². The summed E-state index contributed by atoms with van der Waals surface area (Å²) in [7, 11) is 0. The second kappa shape index (κ2) is 6.39. The van der Waals surface area contributed by atoms with E-state index in [-0.39, 0.29) is 11.2 Å². The maximum Gasteiger partial charge on any atom is 0.320 e. The third kappa shape index (κ3) is 3.42. The molecule has 0 saturated heterocycles. The highest BCUT2D eigenvalue weighted by molar-refractivity contribution is 8.01. The minimum absolute atomic E-state index is 0.189. The van der Waals surface area contributed by atoms with Crippen LogP contribution in [0.25, 0.3) is 0 Å². The molecule has 21 heavy (non-hydrogen) atoms. The topological polar surface area (TPSA) is 37.3 Å². The van der Waals surface area contributed by atoms with Gasteiger partial charge in [0, 0.05) is 4.90 Å². The van der Waals surface area contributed by atoms with E-state index in [1.807, 2.05) is 0 Å². The van der Waals surface area contributed by atoms with Crippen LogP contribution in [-0.2, 0) is 4.79 Å². The van der Waals surface area contributed by atoms with Gasteiger partial charge >= 0.3 is 5.97 Å². The summed E-state index contributed by atoms with van der Waals surface area (Å²) in [6.45, 7) is 4.32. The normalized spacial score (nSPS) is 19.0. The number of carboxylic acid groups (broad SMARTS) is 1. The van der Waals surface area contributed by atoms with Crippen molar-refractivity contribution < 1.29 is 14.3 Å². The van der Waals surface area contributed by atoms with Crippen molar-refractivity contribution in [3.05, 3.63) is 30.1 Å². The molecule has 1 saturated carbocycles. The van der Waals surface area contributed by atoms with Crippen LogP contribution in [0.2, 0.25) is 0 Å². The second-order valence-electron chi connectivity index (χ2n) is 6.21. The largest absolute Gasteiger partial charge is 0.480 e. The molecule has 4 heteroatoms. The van der Waals surface area contributed by atoms with Crippen molar-refractivity contribution in [3.8, 4) is 0 Å². The number of halogens is 1. The molecule has 0 bridgehead atoms. The van der Waals surface area contributed by atoms with Gasteiger partial charge in [-0.2, -0.15) is 0 Å². The highest BCUT2D eigenvalue weighted by Gasteiger charge is 2.58. The van der Waals surface area contributed by atoms with Gasteiger partial charge in [-0.1, -0.05) is 26.7 Å². The lowest BCUT2D eigenvalue weighted by atomic mass is 9.57. The Morgan fingerprint density at radius 3 is 2.14 bits per heavy atom. The molecular weight excluding hydrogens is 287 g/mol. The van der Waals surface area contributed by atoms with Gasteiger partial charge in [0.1, 0.15) is 10.6 Å². The molecule has 0 aromatic heterocycles. The first-order valence-corrected chi connectivity index (χ1v) is 8.45. The van der Waals surface area contributed by atoms with E-state index in [0.717, 1.165) is 43.4 Å². The van der Waals surface area contributed by atoms with Crippen LogP contribution < -0.4 is 0 Å². The molecule has 0 spiro atoms. The Bertz CT molecular complexity index is 484. The molecule has 1 aliphatic carbocycles. The van der Waals surface area contributed by atoms with Crippen LogP contribution in [0.3, 0.4) is 0 Å². The predicted molar refractivity (Wildman–Crippen MR) is 84.1 cm³/mol. The first kappa shape index (κ1) is 16.3. The number of aliphatic carboxylic acids is 1. The molecule has 0 aliphatic heterocycles. The van der Waals surface area contributed by atoms with E-state index in [1.165, 1.54) is 23.9 Å². The van der Waals surface area contributed by atoms with Crippen LogP contribution in [0.15, 0.2) is 29.2 Å². The van der Waals surface area contributed by atoms with Crippen LogP contribution in [0.1, 0.15) is 52.4 Å². The smallest absolute Gasteiger partial charge is 0.320 e. The zero-order valence-corrected chi connectivity index (χ0v) is 13.5. The molecule has 0 atom stereocenters. The molecule has 1 aromatic rings. The first-order valence-electron chi connectivity index (χ1n) is 7.63. The highest BCUT2D eigenvalue weighted by atomic mass is 32.2. The van der Waals surface area contributed by atoms with Gasteiger partial charge < -0.3 is 5.11 Å². The zero-order chi connectivity index (χ0) is 15.5. The summed E-state index contributed by atoms with van der Waals surface area (Å²) in [6.07, 6.45) is 5.83. The van der Waals surface area contributed by atoms with E-state index in [9.17, 15) is 14.3 Å². The Labute approximate surface area is 130 Å². The number of rotatable bonds is 7. The van der Waals surface area contributed by atoms with Gasteiger partial charge in [-0.3, -0.25) is 4.79 Å². The summed E-state index contributed by atoms with van der Waals surface area (Å²) in [4.78, 5) is 12.6. The number of thioether (sulfide) groups is 1. The lowest BCUT2D eigenvalue weighted by molar-refractivity contribution is -0.147. The van der Waals surface area contributed by atoms with E-state index >= 15 is 0 Å². The molecule has 2 rings (SSSR count). The lowest BCUT2D eigenvalue weighted by Crippen LogP contribution is -2.54. The maximum absolute atomic E-state index is 13.0. The summed E-state index contributed by atoms with van der Waals surface area (Å²) >= 11 is 1.38. The van der Waals surface area contributed by atoms with E-state index in [4.69, 9.17) is 0 Å². The minimum atomic E-state index is -0.736. The fraction of sp³-hybridized carbons (Fsp3) is 0.588. The molecule has 1 aliphatic rings. The number of hydrogen-bond donors (Lipinski definition) is 1. The van der Waals surface area contributed by atoms with Crippen LogP contribution in [0.4, 0.5) is 4.39 Å². The summed E-state index contributed by atoms with van der Waals surface area (Å²) in [5.41, 5.74) is 0.189. The SMILES string of the molecule is CCCC1(CCC)CC(Sc2ccc(F)cc2)(C(=O)O)C1. The van der Waals surface area contributed by atoms with Crippen molar-refractivity contribution in [2.45, 2.75) is 62.0 Å². The standard InChI is InChI=1S/C17H23FO2S/c1-3-9-16(10-4-2)11-17(12-16,15(19)20)21-14-7-5-13(18)6-8-14/h5-8H,3-4,9-12H2,1-2H3,(H,19,20). The Morgan fingerprint density at radius 1 is 1.19 bits per heavy atom. The molecule has 1 aromatic carbocycles. The molecule has 116 valence electrons. The van der Waals surface area contributed by atoms with Crippen molar-refractivity contribution in [3.63, 3.8) is 0 Å². The average Bonchev–Trinajstić information content (AvgIpc) is 2.39. The quantitative estimate of drug-likeness (QED) is 0.759. The van der Waals surface area contributed by atoms with Gasteiger partial charge in [0.15, 0.2) is 0 Å². The number of carbonyl (C=O) groups is 1. The van der Waals surface area contributed by atoms with Gasteiger partial charge in [-0.25, -0.2) is 4.39 Å². The molecule has 1 fully saturated rings. The highest BCUT2D eigenvalue weighted by Crippen LogP contribution is 2.61. The van der Waals surface area contributed by atoms with Crippen LogP contribution in [0.5, 0.6) is 0 Å². The van der Waals surface area contributed by atoms with E-state index < -0.39 is 10.7 Å². The third-order valence-electron chi connectivity index (χ3n) is 4.40. The minimum Gasteiger partial charge on any atom is -0.480 e. The Kier molecular flexibility index (Phi) is 4.97. The summed E-state index contributed by atoms with van der Waals surface area (Å²) in [6, 6.07) is 6.12. The van der Waals surface area contributed by atoms with E-state index in [0.29, 0.717) is 0 Å². The molecular formula is C17H23FO2S. The van der Waals surface area contributed by atoms with Crippen molar-refractivity contribution in [2.75, 3.05) is 0 Å². The predicted octanol–water partition coefficient (Wildman–Crippen LogP) is 5.12. The maximum atomic E-state index is 13.0. The number of benzene rings is 1. The Morgan fingerprint density at radius 2 is 1.71 bits per heavy atom. The summed E-state index contributed by atoms with van der Waals surface area (Å²) in [5, 5.41) is 9.67.